The maximum atomic E-state index is 10.0. The number of aliphatic hydroxyl groups excluding tert-OH is 1. The minimum absolute atomic E-state index is 0.297. The number of guanidine groups is 1. The Labute approximate surface area is 109 Å². The average molecular weight is 298 g/mol. The highest BCUT2D eigenvalue weighted by atomic mass is 79.9. The molecule has 0 amide bonds. The lowest BCUT2D eigenvalue weighted by Gasteiger charge is -2.31. The van der Waals surface area contributed by atoms with Gasteiger partial charge in [-0.1, -0.05) is 34.1 Å². The van der Waals surface area contributed by atoms with Gasteiger partial charge in [-0.25, -0.2) is 0 Å². The summed E-state index contributed by atoms with van der Waals surface area (Å²) in [5.74, 6) is 0.530. The van der Waals surface area contributed by atoms with Crippen LogP contribution >= 0.6 is 15.9 Å². The number of halogens is 1. The van der Waals surface area contributed by atoms with E-state index in [1.165, 1.54) is 6.42 Å². The summed E-state index contributed by atoms with van der Waals surface area (Å²) >= 11 is 3.41. The van der Waals surface area contributed by atoms with Crippen molar-refractivity contribution in [2.45, 2.75) is 12.5 Å². The molecule has 1 aromatic carbocycles. The van der Waals surface area contributed by atoms with Gasteiger partial charge in [-0.15, -0.1) is 0 Å². The number of hydrogen-bond acceptors (Lipinski definition) is 2. The van der Waals surface area contributed by atoms with Crippen molar-refractivity contribution in [2.24, 2.45) is 10.7 Å². The predicted molar refractivity (Wildman–Crippen MR) is 71.8 cm³/mol. The van der Waals surface area contributed by atoms with Crippen molar-refractivity contribution < 1.29 is 5.11 Å². The molecule has 4 nitrogen and oxygen atoms in total. The quantitative estimate of drug-likeness (QED) is 0.657. The summed E-state index contributed by atoms with van der Waals surface area (Å²) in [6.07, 6.45) is 0.550. The lowest BCUT2D eigenvalue weighted by molar-refractivity contribution is 0.185. The molecule has 1 atom stereocenters. The number of benzene rings is 1. The molecule has 0 aliphatic carbocycles. The Morgan fingerprint density at radius 1 is 1.47 bits per heavy atom. The van der Waals surface area contributed by atoms with Gasteiger partial charge in [0.15, 0.2) is 5.96 Å². The first kappa shape index (κ1) is 12.4. The number of rotatable bonds is 3. The fraction of sp³-hybridized carbons (Fsp3) is 0.417. The number of likely N-dealkylation sites (tertiary alicyclic amines) is 1. The predicted octanol–water partition coefficient (Wildman–Crippen LogP) is 1.50. The van der Waals surface area contributed by atoms with E-state index in [4.69, 9.17) is 5.73 Å². The van der Waals surface area contributed by atoms with E-state index in [-0.39, 0.29) is 0 Å². The highest BCUT2D eigenvalue weighted by Crippen LogP contribution is 2.23. The summed E-state index contributed by atoms with van der Waals surface area (Å²) in [5, 5.41) is 10.0. The number of hydrogen-bond donors (Lipinski definition) is 2. The van der Waals surface area contributed by atoms with Crippen molar-refractivity contribution in [1.29, 1.82) is 0 Å². The number of nitrogens with two attached hydrogens (primary N) is 1. The maximum absolute atomic E-state index is 10.0. The second kappa shape index (κ2) is 5.51. The van der Waals surface area contributed by atoms with E-state index in [0.29, 0.717) is 12.5 Å². The molecule has 1 heterocycles. The van der Waals surface area contributed by atoms with Crippen LogP contribution in [0.25, 0.3) is 0 Å². The molecule has 5 heteroatoms. The normalized spacial score (nSPS) is 17.8. The summed E-state index contributed by atoms with van der Waals surface area (Å²) in [7, 11) is 0. The molecule has 17 heavy (non-hydrogen) atoms. The molecule has 1 aliphatic rings. The molecular formula is C12H16BrN3O. The van der Waals surface area contributed by atoms with E-state index < -0.39 is 6.10 Å². The zero-order valence-electron chi connectivity index (χ0n) is 9.51. The molecule has 1 aliphatic heterocycles. The molecule has 0 radical (unpaired) electrons. The molecular weight excluding hydrogens is 282 g/mol. The van der Waals surface area contributed by atoms with Crippen LogP contribution < -0.4 is 5.73 Å². The topological polar surface area (TPSA) is 61.9 Å². The van der Waals surface area contributed by atoms with Crippen LogP contribution in [0.3, 0.4) is 0 Å². The first-order valence-electron chi connectivity index (χ1n) is 5.66. The van der Waals surface area contributed by atoms with E-state index in [9.17, 15) is 5.11 Å². The second-order valence-electron chi connectivity index (χ2n) is 4.08. The molecule has 2 rings (SSSR count). The Bertz CT molecular complexity index is 418. The summed E-state index contributed by atoms with van der Waals surface area (Å²) in [6.45, 7) is 2.24. The fourth-order valence-electron chi connectivity index (χ4n) is 1.67. The molecule has 0 saturated carbocycles. The molecule has 1 aromatic rings. The van der Waals surface area contributed by atoms with Crippen LogP contribution in [0.4, 0.5) is 0 Å². The van der Waals surface area contributed by atoms with Crippen LogP contribution in [0.2, 0.25) is 0 Å². The van der Waals surface area contributed by atoms with E-state index in [1.807, 2.05) is 29.2 Å². The van der Waals surface area contributed by atoms with Gasteiger partial charge in [0.2, 0.25) is 0 Å². The maximum Gasteiger partial charge on any atom is 0.191 e. The highest BCUT2D eigenvalue weighted by molar-refractivity contribution is 9.10. The largest absolute Gasteiger partial charge is 0.386 e. The van der Waals surface area contributed by atoms with Crippen LogP contribution in [-0.4, -0.2) is 35.6 Å². The molecule has 1 saturated heterocycles. The van der Waals surface area contributed by atoms with Crippen LogP contribution in [-0.2, 0) is 0 Å². The second-order valence-corrected chi connectivity index (χ2v) is 4.93. The number of aliphatic imine (C=N–C) groups is 1. The summed E-state index contributed by atoms with van der Waals surface area (Å²) < 4.78 is 0.894. The fourth-order valence-corrected chi connectivity index (χ4v) is 2.22. The third kappa shape index (κ3) is 2.98. The lowest BCUT2D eigenvalue weighted by Crippen LogP contribution is -2.46. The van der Waals surface area contributed by atoms with Gasteiger partial charge in [0, 0.05) is 17.6 Å². The van der Waals surface area contributed by atoms with Crippen molar-refractivity contribution >= 4 is 21.9 Å². The van der Waals surface area contributed by atoms with Gasteiger partial charge in [-0.2, -0.15) is 0 Å². The highest BCUT2D eigenvalue weighted by Gasteiger charge is 2.16. The van der Waals surface area contributed by atoms with Gasteiger partial charge in [0.25, 0.3) is 0 Å². The van der Waals surface area contributed by atoms with Crippen molar-refractivity contribution in [3.05, 3.63) is 34.3 Å². The van der Waals surface area contributed by atoms with E-state index >= 15 is 0 Å². The molecule has 3 N–H and O–H groups in total. The van der Waals surface area contributed by atoms with E-state index in [2.05, 4.69) is 20.9 Å². The first-order valence-corrected chi connectivity index (χ1v) is 6.45. The van der Waals surface area contributed by atoms with Gasteiger partial charge in [-0.3, -0.25) is 4.99 Å². The molecule has 92 valence electrons. The number of nitrogens with zero attached hydrogens (tertiary/aromatic N) is 2. The third-order valence-corrected chi connectivity index (χ3v) is 3.59. The van der Waals surface area contributed by atoms with Crippen LogP contribution in [0.15, 0.2) is 33.7 Å². The monoisotopic (exact) mass is 297 g/mol. The summed E-state index contributed by atoms with van der Waals surface area (Å²) in [6, 6.07) is 7.59. The Morgan fingerprint density at radius 2 is 2.18 bits per heavy atom. The van der Waals surface area contributed by atoms with Crippen molar-refractivity contribution in [2.75, 3.05) is 19.6 Å². The van der Waals surface area contributed by atoms with Gasteiger partial charge in [0.1, 0.15) is 0 Å². The standard InChI is InChI=1S/C12H16BrN3O/c13-10-5-2-1-4-9(10)11(17)8-15-12(14)16-6-3-7-16/h1-2,4-5,11,17H,3,6-8H2,(H2,14,15). The Balaban J connectivity index is 1.97. The molecule has 1 unspecified atom stereocenters. The summed E-state index contributed by atoms with van der Waals surface area (Å²) in [4.78, 5) is 6.22. The Hall–Kier alpha value is -1.07. The minimum Gasteiger partial charge on any atom is -0.386 e. The summed E-state index contributed by atoms with van der Waals surface area (Å²) in [5.41, 5.74) is 6.64. The molecule has 0 spiro atoms. The van der Waals surface area contributed by atoms with Gasteiger partial charge in [-0.05, 0) is 18.1 Å². The van der Waals surface area contributed by atoms with Gasteiger partial charge < -0.3 is 15.7 Å². The van der Waals surface area contributed by atoms with Crippen LogP contribution in [0, 0.1) is 0 Å². The zero-order chi connectivity index (χ0) is 12.3. The van der Waals surface area contributed by atoms with Crippen molar-refractivity contribution in [3.8, 4) is 0 Å². The van der Waals surface area contributed by atoms with Gasteiger partial charge in [0.05, 0.1) is 12.6 Å². The lowest BCUT2D eigenvalue weighted by atomic mass is 10.1. The minimum atomic E-state index is -0.620. The van der Waals surface area contributed by atoms with Crippen molar-refractivity contribution in [3.63, 3.8) is 0 Å². The smallest absolute Gasteiger partial charge is 0.191 e. The Morgan fingerprint density at radius 3 is 2.76 bits per heavy atom. The SMILES string of the molecule is NC(=NCC(O)c1ccccc1Br)N1CCC1. The first-order chi connectivity index (χ1) is 8.18. The average Bonchev–Trinajstić information content (AvgIpc) is 2.24. The van der Waals surface area contributed by atoms with E-state index in [0.717, 1.165) is 23.1 Å². The van der Waals surface area contributed by atoms with Crippen LogP contribution in [0.5, 0.6) is 0 Å². The third-order valence-electron chi connectivity index (χ3n) is 2.87. The molecule has 1 fully saturated rings. The van der Waals surface area contributed by atoms with Gasteiger partial charge >= 0.3 is 0 Å². The number of aliphatic hydroxyl groups is 1. The van der Waals surface area contributed by atoms with Crippen molar-refractivity contribution in [1.82, 2.24) is 4.90 Å². The Kier molecular flexibility index (Phi) is 4.02. The van der Waals surface area contributed by atoms with E-state index in [1.54, 1.807) is 0 Å². The molecule has 0 aromatic heterocycles. The molecule has 0 bridgehead atoms. The van der Waals surface area contributed by atoms with Crippen LogP contribution in [0.1, 0.15) is 18.1 Å². The zero-order valence-corrected chi connectivity index (χ0v) is 11.1.